The van der Waals surface area contributed by atoms with Gasteiger partial charge in [0.25, 0.3) is 5.79 Å². The van der Waals surface area contributed by atoms with Crippen molar-refractivity contribution >= 4 is 11.4 Å². The first-order chi connectivity index (χ1) is 23.0. The number of rotatable bonds is 11. The van der Waals surface area contributed by atoms with Crippen LogP contribution in [0.1, 0.15) is 32.1 Å². The third-order valence-electron chi connectivity index (χ3n) is 8.69. The van der Waals surface area contributed by atoms with E-state index in [-0.39, 0.29) is 24.4 Å². The molecule has 0 radical (unpaired) electrons. The Morgan fingerprint density at radius 1 is 0.872 bits per heavy atom. The molecule has 3 atom stereocenters. The van der Waals surface area contributed by atoms with Crippen LogP contribution in [-0.4, -0.2) is 84.8 Å². The fraction of sp³-hybridized carbons (Fsp3) is 0.394. The van der Waals surface area contributed by atoms with Crippen molar-refractivity contribution in [2.75, 3.05) is 49.2 Å². The molecule has 2 saturated heterocycles. The predicted octanol–water partition coefficient (Wildman–Crippen LogP) is 3.06. The predicted molar refractivity (Wildman–Crippen MR) is 174 cm³/mol. The molecule has 14 nitrogen and oxygen atoms in total. The van der Waals surface area contributed by atoms with Crippen molar-refractivity contribution in [2.45, 2.75) is 44.7 Å². The SMILES string of the molecule is CCC(C)n1ncn(-c2ccc(N3CCN(c4ccc(OCC5COC(Cn6nccn6)(c6ncccn6)O5)cc4)CC3)cc2)c1=O. The lowest BCUT2D eigenvalue weighted by Gasteiger charge is -2.37. The lowest BCUT2D eigenvalue weighted by Crippen LogP contribution is -2.46. The standard InChI is InChI=1S/C33H38N10O4/c1-3-25(2)43-32(44)41(24-38-43)28-7-5-26(6-8-28)39-17-19-40(20-18-39)27-9-11-29(12-10-27)45-21-30-22-46-33(47-30,23-42-36-15-16-37-42)31-34-13-4-14-35-31/h4-16,24-25,30H,3,17-23H2,1-2H3. The number of piperazine rings is 1. The molecular weight excluding hydrogens is 600 g/mol. The van der Waals surface area contributed by atoms with Gasteiger partial charge in [-0.2, -0.15) is 20.1 Å². The number of ether oxygens (including phenoxy) is 3. The Hall–Kier alpha value is -5.08. The van der Waals surface area contributed by atoms with E-state index in [9.17, 15) is 4.79 Å². The van der Waals surface area contributed by atoms with Gasteiger partial charge in [0.15, 0.2) is 5.82 Å². The number of hydrogen-bond donors (Lipinski definition) is 0. The molecule has 0 saturated carbocycles. The van der Waals surface area contributed by atoms with E-state index in [1.165, 1.54) is 4.80 Å². The van der Waals surface area contributed by atoms with E-state index in [4.69, 9.17) is 14.2 Å². The zero-order chi connectivity index (χ0) is 32.2. The summed E-state index contributed by atoms with van der Waals surface area (Å²) in [4.78, 5) is 27.8. The average molecular weight is 639 g/mol. The Labute approximate surface area is 272 Å². The molecule has 0 spiro atoms. The minimum atomic E-state index is -1.20. The monoisotopic (exact) mass is 638 g/mol. The van der Waals surface area contributed by atoms with Crippen LogP contribution in [0, 0.1) is 0 Å². The van der Waals surface area contributed by atoms with Gasteiger partial charge in [-0.05, 0) is 67.9 Å². The molecule has 3 unspecified atom stereocenters. The molecule has 0 N–H and O–H groups in total. The highest BCUT2D eigenvalue weighted by Crippen LogP contribution is 2.34. The maximum absolute atomic E-state index is 12.8. The van der Waals surface area contributed by atoms with Gasteiger partial charge >= 0.3 is 5.69 Å². The number of nitrogens with zero attached hydrogens (tertiary/aromatic N) is 10. The molecule has 244 valence electrons. The van der Waals surface area contributed by atoms with Crippen molar-refractivity contribution in [3.63, 3.8) is 0 Å². The van der Waals surface area contributed by atoms with Crippen LogP contribution >= 0.6 is 0 Å². The van der Waals surface area contributed by atoms with Gasteiger partial charge in [-0.3, -0.25) is 0 Å². The summed E-state index contributed by atoms with van der Waals surface area (Å²) in [5, 5.41) is 12.7. The van der Waals surface area contributed by atoms with Gasteiger partial charge < -0.3 is 24.0 Å². The molecule has 5 aromatic rings. The summed E-state index contributed by atoms with van der Waals surface area (Å²) < 4.78 is 21.7. The first-order valence-corrected chi connectivity index (χ1v) is 15.9. The molecule has 3 aromatic heterocycles. The van der Waals surface area contributed by atoms with Gasteiger partial charge in [-0.15, -0.1) is 0 Å². The molecule has 2 aliphatic heterocycles. The lowest BCUT2D eigenvalue weighted by atomic mass is 10.2. The fourth-order valence-electron chi connectivity index (χ4n) is 5.88. The van der Waals surface area contributed by atoms with Crippen LogP contribution < -0.4 is 20.2 Å². The van der Waals surface area contributed by atoms with Crippen molar-refractivity contribution in [2.24, 2.45) is 0 Å². The second-order valence-corrected chi connectivity index (χ2v) is 11.7. The normalized spacial score (nSPS) is 20.4. The van der Waals surface area contributed by atoms with Gasteiger partial charge in [-0.25, -0.2) is 24.0 Å². The maximum atomic E-state index is 12.8. The molecule has 0 amide bonds. The lowest BCUT2D eigenvalue weighted by molar-refractivity contribution is -0.198. The Morgan fingerprint density at radius 2 is 1.49 bits per heavy atom. The molecular formula is C33H38N10O4. The highest BCUT2D eigenvalue weighted by atomic mass is 16.8. The molecule has 0 aliphatic carbocycles. The van der Waals surface area contributed by atoms with Crippen molar-refractivity contribution < 1.29 is 14.2 Å². The second-order valence-electron chi connectivity index (χ2n) is 11.7. The smallest absolute Gasteiger partial charge is 0.350 e. The Balaban J connectivity index is 0.913. The first-order valence-electron chi connectivity index (χ1n) is 15.9. The third-order valence-corrected chi connectivity index (χ3v) is 8.69. The van der Waals surface area contributed by atoms with E-state index in [2.05, 4.69) is 59.3 Å². The molecule has 0 bridgehead atoms. The van der Waals surface area contributed by atoms with E-state index >= 15 is 0 Å². The average Bonchev–Trinajstić information content (AvgIpc) is 3.89. The Bertz CT molecular complexity index is 1790. The van der Waals surface area contributed by atoms with E-state index in [0.29, 0.717) is 19.0 Å². The highest BCUT2D eigenvalue weighted by molar-refractivity contribution is 5.54. The Kier molecular flexibility index (Phi) is 8.68. The summed E-state index contributed by atoms with van der Waals surface area (Å²) in [5.74, 6) is -0.0190. The van der Waals surface area contributed by atoms with E-state index in [1.54, 1.807) is 46.4 Å². The molecule has 47 heavy (non-hydrogen) atoms. The van der Waals surface area contributed by atoms with E-state index < -0.39 is 5.79 Å². The molecule has 2 fully saturated rings. The highest BCUT2D eigenvalue weighted by Gasteiger charge is 2.47. The summed E-state index contributed by atoms with van der Waals surface area (Å²) in [6.45, 7) is 8.48. The van der Waals surface area contributed by atoms with Crippen LogP contribution in [0.2, 0.25) is 0 Å². The van der Waals surface area contributed by atoms with Crippen LogP contribution in [0.4, 0.5) is 11.4 Å². The first kappa shape index (κ1) is 30.6. The van der Waals surface area contributed by atoms with Crippen molar-refractivity contribution in [1.82, 2.24) is 39.3 Å². The van der Waals surface area contributed by atoms with E-state index in [1.807, 2.05) is 38.1 Å². The number of aromatic nitrogens is 8. The molecule has 14 heteroatoms. The van der Waals surface area contributed by atoms with Crippen LogP contribution in [-0.2, 0) is 21.8 Å². The zero-order valence-corrected chi connectivity index (χ0v) is 26.5. The largest absolute Gasteiger partial charge is 0.491 e. The maximum Gasteiger partial charge on any atom is 0.350 e. The fourth-order valence-corrected chi connectivity index (χ4v) is 5.88. The van der Waals surface area contributed by atoms with Crippen molar-refractivity contribution in [3.8, 4) is 11.4 Å². The van der Waals surface area contributed by atoms with Crippen LogP contribution in [0.15, 0.2) is 90.5 Å². The molecule has 2 aromatic carbocycles. The van der Waals surface area contributed by atoms with Gasteiger partial charge in [0.05, 0.1) is 30.7 Å². The molecule has 5 heterocycles. The van der Waals surface area contributed by atoms with Crippen molar-refractivity contribution in [1.29, 1.82) is 0 Å². The minimum absolute atomic E-state index is 0.0683. The van der Waals surface area contributed by atoms with Gasteiger partial charge in [0, 0.05) is 49.9 Å². The number of hydrogen-bond acceptors (Lipinski definition) is 11. The van der Waals surface area contributed by atoms with Crippen LogP contribution in [0.3, 0.4) is 0 Å². The summed E-state index contributed by atoms with van der Waals surface area (Å²) in [5.41, 5.74) is 2.99. The van der Waals surface area contributed by atoms with Crippen LogP contribution in [0.5, 0.6) is 5.75 Å². The number of benzene rings is 2. The zero-order valence-electron chi connectivity index (χ0n) is 26.5. The van der Waals surface area contributed by atoms with Crippen molar-refractivity contribution in [3.05, 3.63) is 102 Å². The van der Waals surface area contributed by atoms with Gasteiger partial charge in [0.2, 0.25) is 0 Å². The van der Waals surface area contributed by atoms with E-state index in [0.717, 1.165) is 55.4 Å². The quantitative estimate of drug-likeness (QED) is 0.212. The summed E-state index contributed by atoms with van der Waals surface area (Å²) >= 11 is 0. The minimum Gasteiger partial charge on any atom is -0.491 e. The van der Waals surface area contributed by atoms with Crippen LogP contribution in [0.25, 0.3) is 5.69 Å². The third kappa shape index (κ3) is 6.46. The molecule has 2 aliphatic rings. The summed E-state index contributed by atoms with van der Waals surface area (Å²) in [6, 6.07) is 18.1. The summed E-state index contributed by atoms with van der Waals surface area (Å²) in [7, 11) is 0. The van der Waals surface area contributed by atoms with Gasteiger partial charge in [0.1, 0.15) is 31.3 Å². The van der Waals surface area contributed by atoms with Gasteiger partial charge in [-0.1, -0.05) is 6.92 Å². The molecule has 7 rings (SSSR count). The number of anilines is 2. The topological polar surface area (TPSA) is 130 Å². The summed E-state index contributed by atoms with van der Waals surface area (Å²) in [6.07, 6.45) is 8.66. The second kappa shape index (κ2) is 13.3. The Morgan fingerprint density at radius 3 is 2.13 bits per heavy atom.